The van der Waals surface area contributed by atoms with Crippen LogP contribution in [0.5, 0.6) is 0 Å². The minimum absolute atomic E-state index is 0.0686. The summed E-state index contributed by atoms with van der Waals surface area (Å²) < 4.78 is 0. The van der Waals surface area contributed by atoms with Crippen LogP contribution in [0.4, 0.5) is 11.4 Å². The van der Waals surface area contributed by atoms with E-state index in [0.717, 1.165) is 22.3 Å². The first-order valence-corrected chi connectivity index (χ1v) is 9.22. The van der Waals surface area contributed by atoms with E-state index in [0.29, 0.717) is 11.1 Å². The molecule has 0 unspecified atom stereocenters. The first-order chi connectivity index (χ1) is 14.5. The third-order valence-corrected chi connectivity index (χ3v) is 4.93. The number of nitro groups is 2. The van der Waals surface area contributed by atoms with Crippen molar-refractivity contribution in [3.8, 4) is 33.4 Å². The highest BCUT2D eigenvalue weighted by molar-refractivity contribution is 5.78. The Labute approximate surface area is 172 Å². The van der Waals surface area contributed by atoms with Crippen molar-refractivity contribution in [2.24, 2.45) is 0 Å². The molecule has 0 aliphatic rings. The molecule has 6 heteroatoms. The summed E-state index contributed by atoms with van der Waals surface area (Å²) in [5.41, 5.74) is 4.71. The molecule has 0 saturated heterocycles. The predicted octanol–water partition coefficient (Wildman–Crippen LogP) is 6.50. The Bertz CT molecular complexity index is 1130. The van der Waals surface area contributed by atoms with Crippen molar-refractivity contribution in [2.45, 2.75) is 0 Å². The lowest BCUT2D eigenvalue weighted by atomic mass is 9.97. The zero-order chi connectivity index (χ0) is 21.1. The van der Waals surface area contributed by atoms with Crippen molar-refractivity contribution in [3.63, 3.8) is 0 Å². The third-order valence-electron chi connectivity index (χ3n) is 4.93. The minimum Gasteiger partial charge on any atom is -0.258 e. The van der Waals surface area contributed by atoms with Crippen LogP contribution in [0.3, 0.4) is 0 Å². The van der Waals surface area contributed by atoms with E-state index in [4.69, 9.17) is 0 Å². The van der Waals surface area contributed by atoms with Crippen LogP contribution in [-0.2, 0) is 0 Å². The van der Waals surface area contributed by atoms with Gasteiger partial charge in [-0.15, -0.1) is 0 Å². The van der Waals surface area contributed by atoms with E-state index in [2.05, 4.69) is 0 Å². The largest absolute Gasteiger partial charge is 0.277 e. The lowest BCUT2D eigenvalue weighted by Crippen LogP contribution is -1.92. The molecule has 0 N–H and O–H groups in total. The molecule has 0 heterocycles. The fourth-order valence-corrected chi connectivity index (χ4v) is 3.44. The Morgan fingerprint density at radius 2 is 0.733 bits per heavy atom. The van der Waals surface area contributed by atoms with E-state index in [-0.39, 0.29) is 21.2 Å². The molecule has 0 aromatic heterocycles. The van der Waals surface area contributed by atoms with E-state index in [1.54, 1.807) is 36.4 Å². The van der Waals surface area contributed by atoms with Crippen LogP contribution < -0.4 is 0 Å². The van der Waals surface area contributed by atoms with Gasteiger partial charge in [0.25, 0.3) is 11.4 Å². The summed E-state index contributed by atoms with van der Waals surface area (Å²) in [7, 11) is 0. The first kappa shape index (κ1) is 19.0. The topological polar surface area (TPSA) is 86.3 Å². The van der Waals surface area contributed by atoms with Gasteiger partial charge in [-0.2, -0.15) is 0 Å². The van der Waals surface area contributed by atoms with E-state index >= 15 is 0 Å². The number of nitro benzene ring substituents is 2. The van der Waals surface area contributed by atoms with Gasteiger partial charge in [0.05, 0.1) is 21.0 Å². The molecule has 4 aromatic rings. The average molecular weight is 396 g/mol. The second-order valence-electron chi connectivity index (χ2n) is 6.70. The SMILES string of the molecule is O=[N+]([O-])c1ccccc1-c1ccc(-c2ccc(-c3ccccc3[N+](=O)[O-])cc2)cc1. The highest BCUT2D eigenvalue weighted by Crippen LogP contribution is 2.33. The van der Waals surface area contributed by atoms with E-state index in [1.165, 1.54) is 12.1 Å². The van der Waals surface area contributed by atoms with Crippen molar-refractivity contribution < 1.29 is 9.85 Å². The van der Waals surface area contributed by atoms with Gasteiger partial charge in [-0.05, 0) is 34.4 Å². The van der Waals surface area contributed by atoms with Gasteiger partial charge in [-0.1, -0.05) is 72.8 Å². The lowest BCUT2D eigenvalue weighted by Gasteiger charge is -2.07. The van der Waals surface area contributed by atoms with Crippen LogP contribution in [0.15, 0.2) is 97.1 Å². The van der Waals surface area contributed by atoms with E-state index in [9.17, 15) is 20.2 Å². The van der Waals surface area contributed by atoms with E-state index < -0.39 is 0 Å². The van der Waals surface area contributed by atoms with Crippen molar-refractivity contribution in [1.29, 1.82) is 0 Å². The van der Waals surface area contributed by atoms with Gasteiger partial charge in [0, 0.05) is 12.1 Å². The monoisotopic (exact) mass is 396 g/mol. The molecule has 0 atom stereocenters. The van der Waals surface area contributed by atoms with Crippen LogP contribution in [0.25, 0.3) is 33.4 Å². The van der Waals surface area contributed by atoms with Crippen molar-refractivity contribution >= 4 is 11.4 Å². The molecule has 0 amide bonds. The molecule has 0 aliphatic heterocycles. The second kappa shape index (κ2) is 7.97. The van der Waals surface area contributed by atoms with Crippen LogP contribution in [0, 0.1) is 20.2 Å². The fraction of sp³-hybridized carbons (Fsp3) is 0. The van der Waals surface area contributed by atoms with Gasteiger partial charge in [0.2, 0.25) is 0 Å². The molecule has 0 radical (unpaired) electrons. The Kier molecular flexibility index (Phi) is 5.05. The lowest BCUT2D eigenvalue weighted by molar-refractivity contribution is -0.384. The maximum Gasteiger partial charge on any atom is 0.277 e. The maximum absolute atomic E-state index is 11.3. The molecular formula is C24H16N2O4. The molecule has 4 rings (SSSR count). The fourth-order valence-electron chi connectivity index (χ4n) is 3.44. The van der Waals surface area contributed by atoms with E-state index in [1.807, 2.05) is 48.5 Å². The standard InChI is InChI=1S/C24H16N2O4/c27-25(28)23-7-3-1-5-21(23)19-13-9-17(10-14-19)18-11-15-20(16-12-18)22-6-2-4-8-24(22)26(29)30/h1-16H. The van der Waals surface area contributed by atoms with Gasteiger partial charge < -0.3 is 0 Å². The summed E-state index contributed by atoms with van der Waals surface area (Å²) in [4.78, 5) is 21.8. The molecule has 146 valence electrons. The molecular weight excluding hydrogens is 380 g/mol. The highest BCUT2D eigenvalue weighted by atomic mass is 16.6. The Morgan fingerprint density at radius 3 is 1.07 bits per heavy atom. The highest BCUT2D eigenvalue weighted by Gasteiger charge is 2.15. The van der Waals surface area contributed by atoms with Gasteiger partial charge in [0.1, 0.15) is 0 Å². The molecule has 30 heavy (non-hydrogen) atoms. The van der Waals surface area contributed by atoms with Gasteiger partial charge in [-0.25, -0.2) is 0 Å². The van der Waals surface area contributed by atoms with Crippen LogP contribution in [0.1, 0.15) is 0 Å². The summed E-state index contributed by atoms with van der Waals surface area (Å²) >= 11 is 0. The van der Waals surface area contributed by atoms with Crippen LogP contribution in [0.2, 0.25) is 0 Å². The summed E-state index contributed by atoms with van der Waals surface area (Å²) in [6.45, 7) is 0. The van der Waals surface area contributed by atoms with Gasteiger partial charge in [0.15, 0.2) is 0 Å². The quantitative estimate of drug-likeness (QED) is 0.284. The average Bonchev–Trinajstić information content (AvgIpc) is 2.79. The molecule has 0 bridgehead atoms. The number of hydrogen-bond acceptors (Lipinski definition) is 4. The number of para-hydroxylation sites is 2. The maximum atomic E-state index is 11.3. The summed E-state index contributed by atoms with van der Waals surface area (Å²) in [6, 6.07) is 28.3. The molecule has 0 aliphatic carbocycles. The number of rotatable bonds is 5. The Balaban J connectivity index is 1.64. The zero-order valence-corrected chi connectivity index (χ0v) is 15.8. The van der Waals surface area contributed by atoms with Crippen molar-refractivity contribution in [1.82, 2.24) is 0 Å². The normalized spacial score (nSPS) is 10.5. The smallest absolute Gasteiger partial charge is 0.258 e. The zero-order valence-electron chi connectivity index (χ0n) is 15.8. The minimum atomic E-state index is -0.384. The molecule has 0 fully saturated rings. The number of hydrogen-bond donors (Lipinski definition) is 0. The summed E-state index contributed by atoms with van der Waals surface area (Å²) in [6.07, 6.45) is 0. The predicted molar refractivity (Wildman–Crippen MR) is 116 cm³/mol. The summed E-state index contributed by atoms with van der Waals surface area (Å²) in [5.74, 6) is 0. The van der Waals surface area contributed by atoms with Crippen molar-refractivity contribution in [3.05, 3.63) is 117 Å². The second-order valence-corrected chi connectivity index (χ2v) is 6.70. The molecule has 0 saturated carbocycles. The van der Waals surface area contributed by atoms with Crippen LogP contribution >= 0.6 is 0 Å². The van der Waals surface area contributed by atoms with Crippen molar-refractivity contribution in [2.75, 3.05) is 0 Å². The Morgan fingerprint density at radius 1 is 0.433 bits per heavy atom. The Hall–Kier alpha value is -4.32. The van der Waals surface area contributed by atoms with Crippen LogP contribution in [-0.4, -0.2) is 9.85 Å². The molecule has 4 aromatic carbocycles. The first-order valence-electron chi connectivity index (χ1n) is 9.22. The molecule has 6 nitrogen and oxygen atoms in total. The van der Waals surface area contributed by atoms with Gasteiger partial charge in [-0.3, -0.25) is 20.2 Å². The summed E-state index contributed by atoms with van der Waals surface area (Å²) in [5, 5.41) is 22.5. The third kappa shape index (κ3) is 3.66. The number of benzene rings is 4. The number of nitrogens with zero attached hydrogens (tertiary/aromatic N) is 2. The molecule has 0 spiro atoms. The van der Waals surface area contributed by atoms with Gasteiger partial charge >= 0.3 is 0 Å².